The first kappa shape index (κ1) is 10.4. The van der Waals surface area contributed by atoms with E-state index in [4.69, 9.17) is 0 Å². The van der Waals surface area contributed by atoms with E-state index in [-0.39, 0.29) is 6.04 Å². The van der Waals surface area contributed by atoms with Crippen molar-refractivity contribution in [2.24, 2.45) is 5.92 Å². The molecular weight excluding hydrogens is 202 g/mol. The molecular formula is C9H17NO3S. The van der Waals surface area contributed by atoms with E-state index in [1.54, 1.807) is 0 Å². The van der Waals surface area contributed by atoms with Crippen LogP contribution in [0.25, 0.3) is 0 Å². The molecule has 2 unspecified atom stereocenters. The lowest BCUT2D eigenvalue weighted by Crippen LogP contribution is -2.43. The van der Waals surface area contributed by atoms with E-state index in [1.807, 2.05) is 0 Å². The normalized spacial score (nSPS) is 32.0. The fourth-order valence-corrected chi connectivity index (χ4v) is 3.45. The quantitative estimate of drug-likeness (QED) is 0.736. The molecule has 82 valence electrons. The molecule has 0 amide bonds. The summed E-state index contributed by atoms with van der Waals surface area (Å²) < 4.78 is 24.3. The highest BCUT2D eigenvalue weighted by atomic mass is 32.2. The number of sulfonamides is 1. The maximum absolute atomic E-state index is 11.4. The molecule has 0 aromatic carbocycles. The fourth-order valence-electron chi connectivity index (χ4n) is 2.27. The monoisotopic (exact) mass is 219 g/mol. The van der Waals surface area contributed by atoms with Crippen LogP contribution in [0.4, 0.5) is 0 Å². The Morgan fingerprint density at radius 2 is 2.00 bits per heavy atom. The Labute approximate surface area is 85.0 Å². The van der Waals surface area contributed by atoms with E-state index < -0.39 is 16.1 Å². The van der Waals surface area contributed by atoms with E-state index in [0.29, 0.717) is 12.5 Å². The van der Waals surface area contributed by atoms with Crippen LogP contribution in [0.3, 0.4) is 0 Å². The predicted octanol–water partition coefficient (Wildman–Crippen LogP) is 0.181. The fraction of sp³-hybridized carbons (Fsp3) is 1.00. The van der Waals surface area contributed by atoms with Crippen molar-refractivity contribution in [3.05, 3.63) is 0 Å². The minimum absolute atomic E-state index is 0.155. The zero-order valence-electron chi connectivity index (χ0n) is 8.39. The van der Waals surface area contributed by atoms with E-state index in [0.717, 1.165) is 25.7 Å². The Morgan fingerprint density at radius 3 is 2.50 bits per heavy atom. The molecule has 1 aliphatic heterocycles. The number of nitrogens with zero attached hydrogens (tertiary/aromatic N) is 1. The van der Waals surface area contributed by atoms with Gasteiger partial charge in [-0.25, -0.2) is 8.42 Å². The van der Waals surface area contributed by atoms with Gasteiger partial charge in [0.1, 0.15) is 0 Å². The van der Waals surface area contributed by atoms with Crippen LogP contribution in [-0.4, -0.2) is 42.8 Å². The first-order valence-electron chi connectivity index (χ1n) is 5.15. The summed E-state index contributed by atoms with van der Waals surface area (Å²) in [6.07, 6.45) is 4.58. The largest absolute Gasteiger partial charge is 0.391 e. The molecule has 1 N–H and O–H groups in total. The van der Waals surface area contributed by atoms with Crippen LogP contribution in [0.2, 0.25) is 0 Å². The molecule has 14 heavy (non-hydrogen) atoms. The second-order valence-electron chi connectivity index (χ2n) is 4.41. The third kappa shape index (κ3) is 1.94. The summed E-state index contributed by atoms with van der Waals surface area (Å²) in [6, 6.07) is -0.155. The summed E-state index contributed by atoms with van der Waals surface area (Å²) in [5, 5.41) is 9.92. The van der Waals surface area contributed by atoms with Crippen LogP contribution in [0.5, 0.6) is 0 Å². The molecule has 0 bridgehead atoms. The molecule has 2 fully saturated rings. The maximum Gasteiger partial charge on any atom is 0.211 e. The smallest absolute Gasteiger partial charge is 0.211 e. The molecule has 4 nitrogen and oxygen atoms in total. The van der Waals surface area contributed by atoms with Crippen LogP contribution in [-0.2, 0) is 10.0 Å². The zero-order chi connectivity index (χ0) is 10.3. The van der Waals surface area contributed by atoms with Crippen molar-refractivity contribution < 1.29 is 13.5 Å². The molecule has 5 heteroatoms. The third-order valence-electron chi connectivity index (χ3n) is 3.17. The van der Waals surface area contributed by atoms with Crippen LogP contribution in [0, 0.1) is 5.92 Å². The second kappa shape index (κ2) is 3.47. The number of hydrogen-bond donors (Lipinski definition) is 1. The maximum atomic E-state index is 11.4. The average Bonchev–Trinajstić information content (AvgIpc) is 2.78. The highest BCUT2D eigenvalue weighted by Crippen LogP contribution is 2.38. The first-order valence-corrected chi connectivity index (χ1v) is 7.00. The lowest BCUT2D eigenvalue weighted by Gasteiger charge is -2.26. The van der Waals surface area contributed by atoms with Crippen molar-refractivity contribution in [2.45, 2.75) is 37.8 Å². The van der Waals surface area contributed by atoms with Gasteiger partial charge in [-0.05, 0) is 31.6 Å². The van der Waals surface area contributed by atoms with Crippen molar-refractivity contribution in [3.8, 4) is 0 Å². The number of hydrogen-bond acceptors (Lipinski definition) is 3. The van der Waals surface area contributed by atoms with Gasteiger partial charge in [-0.3, -0.25) is 0 Å². The van der Waals surface area contributed by atoms with Gasteiger partial charge in [0, 0.05) is 6.54 Å². The molecule has 1 heterocycles. The van der Waals surface area contributed by atoms with Gasteiger partial charge in [0.25, 0.3) is 0 Å². The van der Waals surface area contributed by atoms with Crippen LogP contribution < -0.4 is 0 Å². The second-order valence-corrected chi connectivity index (χ2v) is 6.35. The van der Waals surface area contributed by atoms with Crippen LogP contribution in [0.15, 0.2) is 0 Å². The van der Waals surface area contributed by atoms with Gasteiger partial charge >= 0.3 is 0 Å². The predicted molar refractivity (Wildman–Crippen MR) is 53.3 cm³/mol. The lowest BCUT2D eigenvalue weighted by molar-refractivity contribution is 0.0871. The van der Waals surface area contributed by atoms with Gasteiger partial charge in [0.15, 0.2) is 0 Å². The van der Waals surface area contributed by atoms with E-state index in [9.17, 15) is 13.5 Å². The molecule has 1 saturated carbocycles. The van der Waals surface area contributed by atoms with Gasteiger partial charge in [-0.15, -0.1) is 0 Å². The Hall–Kier alpha value is -0.130. The van der Waals surface area contributed by atoms with Crippen molar-refractivity contribution in [1.82, 2.24) is 4.31 Å². The van der Waals surface area contributed by atoms with E-state index in [1.165, 1.54) is 10.6 Å². The number of aliphatic hydroxyl groups is 1. The average molecular weight is 219 g/mol. The van der Waals surface area contributed by atoms with Crippen molar-refractivity contribution in [3.63, 3.8) is 0 Å². The van der Waals surface area contributed by atoms with Gasteiger partial charge < -0.3 is 5.11 Å². The molecule has 0 aromatic rings. The summed E-state index contributed by atoms with van der Waals surface area (Å²) in [6.45, 7) is 0.577. The SMILES string of the molecule is CS(=O)(=O)N1CCCC1C(O)C1CC1. The minimum Gasteiger partial charge on any atom is -0.391 e. The molecule has 1 saturated heterocycles. The Kier molecular flexibility index (Phi) is 2.57. The molecule has 2 rings (SSSR count). The zero-order valence-corrected chi connectivity index (χ0v) is 9.20. The number of aliphatic hydroxyl groups excluding tert-OH is 1. The highest BCUT2D eigenvalue weighted by molar-refractivity contribution is 7.88. The molecule has 2 atom stereocenters. The molecule has 0 spiro atoms. The molecule has 0 aromatic heterocycles. The van der Waals surface area contributed by atoms with Crippen molar-refractivity contribution in [2.75, 3.05) is 12.8 Å². The van der Waals surface area contributed by atoms with Gasteiger partial charge in [0.05, 0.1) is 18.4 Å². The van der Waals surface area contributed by atoms with Crippen LogP contribution >= 0.6 is 0 Å². The summed E-state index contributed by atoms with van der Waals surface area (Å²) in [5.41, 5.74) is 0. The topological polar surface area (TPSA) is 57.6 Å². The summed E-state index contributed by atoms with van der Waals surface area (Å²) in [4.78, 5) is 0. The Morgan fingerprint density at radius 1 is 1.36 bits per heavy atom. The number of rotatable bonds is 3. The molecule has 1 aliphatic carbocycles. The van der Waals surface area contributed by atoms with E-state index >= 15 is 0 Å². The summed E-state index contributed by atoms with van der Waals surface area (Å²) >= 11 is 0. The van der Waals surface area contributed by atoms with Crippen molar-refractivity contribution >= 4 is 10.0 Å². The Bertz CT molecular complexity index is 310. The third-order valence-corrected chi connectivity index (χ3v) is 4.48. The summed E-state index contributed by atoms with van der Waals surface area (Å²) in [5.74, 6) is 0.349. The first-order chi connectivity index (χ1) is 6.50. The Balaban J connectivity index is 2.10. The highest BCUT2D eigenvalue weighted by Gasteiger charge is 2.42. The van der Waals surface area contributed by atoms with Gasteiger partial charge in [-0.2, -0.15) is 4.31 Å². The lowest BCUT2D eigenvalue weighted by atomic mass is 10.1. The van der Waals surface area contributed by atoms with Gasteiger partial charge in [-0.1, -0.05) is 0 Å². The van der Waals surface area contributed by atoms with Crippen LogP contribution in [0.1, 0.15) is 25.7 Å². The standard InChI is InChI=1S/C9H17NO3S/c1-14(12,13)10-6-2-3-8(10)9(11)7-4-5-7/h7-9,11H,2-6H2,1H3. The minimum atomic E-state index is -3.13. The van der Waals surface area contributed by atoms with Gasteiger partial charge in [0.2, 0.25) is 10.0 Å². The van der Waals surface area contributed by atoms with Crippen molar-refractivity contribution in [1.29, 1.82) is 0 Å². The molecule has 0 radical (unpaired) electrons. The molecule has 2 aliphatic rings. The van der Waals surface area contributed by atoms with E-state index in [2.05, 4.69) is 0 Å². The summed E-state index contributed by atoms with van der Waals surface area (Å²) in [7, 11) is -3.13.